The van der Waals surface area contributed by atoms with E-state index < -0.39 is 5.91 Å². The normalized spacial score (nSPS) is 16.1. The van der Waals surface area contributed by atoms with Gasteiger partial charge in [0.1, 0.15) is 18.1 Å². The van der Waals surface area contributed by atoms with Crippen molar-refractivity contribution in [3.63, 3.8) is 0 Å². The van der Waals surface area contributed by atoms with Crippen molar-refractivity contribution in [2.45, 2.75) is 6.10 Å². The molecule has 2 rings (SSSR count). The largest absolute Gasteiger partial charge is 0.507 e. The zero-order valence-corrected chi connectivity index (χ0v) is 10.4. The summed E-state index contributed by atoms with van der Waals surface area (Å²) in [6, 6.07) is 4.34. The van der Waals surface area contributed by atoms with Gasteiger partial charge in [0.15, 0.2) is 0 Å². The number of primary amides is 1. The first-order valence-electron chi connectivity index (χ1n) is 5.98. The third-order valence-electron chi connectivity index (χ3n) is 2.80. The van der Waals surface area contributed by atoms with E-state index in [0.717, 1.165) is 0 Å². The van der Waals surface area contributed by atoms with Gasteiger partial charge in [0, 0.05) is 19.6 Å². The lowest BCUT2D eigenvalue weighted by Gasteiger charge is -2.35. The number of ether oxygens (including phenoxy) is 1. The van der Waals surface area contributed by atoms with Gasteiger partial charge < -0.3 is 20.7 Å². The molecule has 1 fully saturated rings. The highest BCUT2D eigenvalue weighted by molar-refractivity contribution is 5.95. The van der Waals surface area contributed by atoms with Crippen LogP contribution in [0.15, 0.2) is 18.2 Å². The van der Waals surface area contributed by atoms with Crippen molar-refractivity contribution in [2.75, 3.05) is 26.2 Å². The van der Waals surface area contributed by atoms with Crippen molar-refractivity contribution in [2.24, 2.45) is 5.73 Å². The molecule has 19 heavy (non-hydrogen) atoms. The van der Waals surface area contributed by atoms with Gasteiger partial charge in [-0.1, -0.05) is 0 Å². The maximum absolute atomic E-state index is 11.0. The number of benzene rings is 1. The number of aliphatic hydroxyl groups excluding tert-OH is 1. The van der Waals surface area contributed by atoms with Crippen LogP contribution in [0.2, 0.25) is 0 Å². The number of hydrogen-bond acceptors (Lipinski definition) is 6. The molecular formula is C12H17N3O4. The smallest absolute Gasteiger partial charge is 0.252 e. The molecule has 7 nitrogen and oxygen atoms in total. The van der Waals surface area contributed by atoms with Gasteiger partial charge in [-0.15, -0.1) is 0 Å². The van der Waals surface area contributed by atoms with E-state index >= 15 is 0 Å². The van der Waals surface area contributed by atoms with Crippen LogP contribution < -0.4 is 15.9 Å². The maximum Gasteiger partial charge on any atom is 0.252 e. The Bertz CT molecular complexity index is 460. The number of carbonyl (C=O) groups excluding carboxylic acids is 1. The Morgan fingerprint density at radius 3 is 2.89 bits per heavy atom. The van der Waals surface area contributed by atoms with Gasteiger partial charge in [0.2, 0.25) is 0 Å². The number of rotatable bonds is 6. The van der Waals surface area contributed by atoms with Crippen LogP contribution >= 0.6 is 0 Å². The lowest BCUT2D eigenvalue weighted by molar-refractivity contribution is -0.0326. The summed E-state index contributed by atoms with van der Waals surface area (Å²) in [5.41, 5.74) is 8.23. The Labute approximate surface area is 110 Å². The lowest BCUT2D eigenvalue weighted by Crippen LogP contribution is -2.57. The van der Waals surface area contributed by atoms with E-state index in [1.807, 2.05) is 5.01 Å². The SMILES string of the molecule is NC(=O)c1cc(OCCNN2CC(O)C2)ccc1O. The summed E-state index contributed by atoms with van der Waals surface area (Å²) >= 11 is 0. The Balaban J connectivity index is 1.76. The predicted octanol–water partition coefficient (Wildman–Crippen LogP) is -0.949. The summed E-state index contributed by atoms with van der Waals surface area (Å²) in [5.74, 6) is -0.389. The molecule has 5 N–H and O–H groups in total. The summed E-state index contributed by atoms with van der Waals surface area (Å²) in [6.45, 7) is 2.21. The number of carbonyl (C=O) groups is 1. The number of nitrogens with two attached hydrogens (primary N) is 1. The minimum atomic E-state index is -0.698. The van der Waals surface area contributed by atoms with E-state index in [1.165, 1.54) is 12.1 Å². The molecule has 1 aliphatic rings. The number of hydrazine groups is 1. The van der Waals surface area contributed by atoms with Crippen molar-refractivity contribution in [3.8, 4) is 11.5 Å². The third kappa shape index (κ3) is 3.57. The topological polar surface area (TPSA) is 108 Å². The van der Waals surface area contributed by atoms with Crippen molar-refractivity contribution >= 4 is 5.91 Å². The molecule has 104 valence electrons. The average Bonchev–Trinajstić information content (AvgIpc) is 2.33. The Morgan fingerprint density at radius 2 is 2.26 bits per heavy atom. The molecular weight excluding hydrogens is 250 g/mol. The van der Waals surface area contributed by atoms with Crippen LogP contribution in [0.25, 0.3) is 0 Å². The fraction of sp³-hybridized carbons (Fsp3) is 0.417. The van der Waals surface area contributed by atoms with E-state index in [0.29, 0.717) is 32.0 Å². The molecule has 1 aliphatic heterocycles. The summed E-state index contributed by atoms with van der Waals surface area (Å²) in [6.07, 6.45) is -0.247. The van der Waals surface area contributed by atoms with Gasteiger partial charge in [-0.05, 0) is 18.2 Å². The van der Waals surface area contributed by atoms with Crippen LogP contribution in [0.3, 0.4) is 0 Å². The summed E-state index contributed by atoms with van der Waals surface area (Å²) in [5, 5.41) is 20.4. The summed E-state index contributed by atoms with van der Waals surface area (Å²) < 4.78 is 5.43. The van der Waals surface area contributed by atoms with Crippen molar-refractivity contribution in [1.82, 2.24) is 10.4 Å². The number of amides is 1. The second kappa shape index (κ2) is 5.87. The van der Waals surface area contributed by atoms with Gasteiger partial charge in [0.05, 0.1) is 11.7 Å². The molecule has 0 saturated carbocycles. The first-order valence-corrected chi connectivity index (χ1v) is 5.98. The minimum absolute atomic E-state index is 0.0383. The molecule has 0 atom stereocenters. The summed E-state index contributed by atoms with van der Waals surface area (Å²) in [7, 11) is 0. The van der Waals surface area contributed by atoms with Crippen molar-refractivity contribution in [3.05, 3.63) is 23.8 Å². The van der Waals surface area contributed by atoms with E-state index in [9.17, 15) is 9.90 Å². The first kappa shape index (κ1) is 13.6. The van der Waals surface area contributed by atoms with Gasteiger partial charge in [-0.2, -0.15) is 0 Å². The molecule has 0 aromatic heterocycles. The number of phenols is 1. The van der Waals surface area contributed by atoms with Crippen molar-refractivity contribution < 1.29 is 19.7 Å². The number of β-amino-alcohol motifs (C(OH)–C–C–N with tert-alkyl or cyclic N) is 1. The Kier molecular flexibility index (Phi) is 4.20. The van der Waals surface area contributed by atoms with Crippen LogP contribution in [-0.4, -0.2) is 53.5 Å². The highest BCUT2D eigenvalue weighted by atomic mass is 16.5. The average molecular weight is 267 g/mol. The zero-order valence-electron chi connectivity index (χ0n) is 10.4. The molecule has 1 heterocycles. The monoisotopic (exact) mass is 267 g/mol. The van der Waals surface area contributed by atoms with Crippen LogP contribution in [-0.2, 0) is 0 Å². The van der Waals surface area contributed by atoms with Gasteiger partial charge in [-0.3, -0.25) is 10.2 Å². The molecule has 0 bridgehead atoms. The number of hydrogen-bond donors (Lipinski definition) is 4. The standard InChI is InChI=1S/C12H17N3O4/c13-12(18)10-5-9(1-2-11(10)17)19-4-3-14-15-6-8(16)7-15/h1-2,5,8,14,16-17H,3-4,6-7H2,(H2,13,18). The maximum atomic E-state index is 11.0. The summed E-state index contributed by atoms with van der Waals surface area (Å²) in [4.78, 5) is 11.0. The first-order chi connectivity index (χ1) is 9.06. The molecule has 0 spiro atoms. The van der Waals surface area contributed by atoms with Gasteiger partial charge >= 0.3 is 0 Å². The van der Waals surface area contributed by atoms with Crippen molar-refractivity contribution in [1.29, 1.82) is 0 Å². The minimum Gasteiger partial charge on any atom is -0.507 e. The molecule has 1 saturated heterocycles. The highest BCUT2D eigenvalue weighted by Crippen LogP contribution is 2.22. The predicted molar refractivity (Wildman–Crippen MR) is 67.7 cm³/mol. The molecule has 1 amide bonds. The number of nitrogens with zero attached hydrogens (tertiary/aromatic N) is 1. The number of aromatic hydroxyl groups is 1. The van der Waals surface area contributed by atoms with Crippen LogP contribution in [0, 0.1) is 0 Å². The Hall–Kier alpha value is -1.83. The molecule has 0 radical (unpaired) electrons. The van der Waals surface area contributed by atoms with Crippen LogP contribution in [0.1, 0.15) is 10.4 Å². The number of nitrogens with one attached hydrogen (secondary N) is 1. The highest BCUT2D eigenvalue weighted by Gasteiger charge is 2.23. The second-order valence-electron chi connectivity index (χ2n) is 4.36. The quantitative estimate of drug-likeness (QED) is 0.495. The fourth-order valence-electron chi connectivity index (χ4n) is 1.76. The molecule has 0 unspecified atom stereocenters. The fourth-order valence-corrected chi connectivity index (χ4v) is 1.76. The number of aliphatic hydroxyl groups is 1. The zero-order chi connectivity index (χ0) is 13.8. The molecule has 0 aliphatic carbocycles. The molecule has 1 aromatic rings. The second-order valence-corrected chi connectivity index (χ2v) is 4.36. The van der Waals surface area contributed by atoms with Gasteiger partial charge in [-0.25, -0.2) is 5.01 Å². The Morgan fingerprint density at radius 1 is 1.53 bits per heavy atom. The lowest BCUT2D eigenvalue weighted by atomic mass is 10.2. The third-order valence-corrected chi connectivity index (χ3v) is 2.80. The van der Waals surface area contributed by atoms with Gasteiger partial charge in [0.25, 0.3) is 5.91 Å². The molecule has 7 heteroatoms. The molecule has 1 aromatic carbocycles. The van der Waals surface area contributed by atoms with E-state index in [2.05, 4.69) is 5.43 Å². The van der Waals surface area contributed by atoms with E-state index in [-0.39, 0.29) is 17.4 Å². The van der Waals surface area contributed by atoms with E-state index in [1.54, 1.807) is 6.07 Å². The van der Waals surface area contributed by atoms with Crippen LogP contribution in [0.4, 0.5) is 0 Å². The van der Waals surface area contributed by atoms with E-state index in [4.69, 9.17) is 15.6 Å². The van der Waals surface area contributed by atoms with Crippen LogP contribution in [0.5, 0.6) is 11.5 Å².